The second-order valence-corrected chi connectivity index (χ2v) is 5.51. The molecule has 2 atom stereocenters. The van der Waals surface area contributed by atoms with Crippen molar-refractivity contribution in [2.75, 3.05) is 53.8 Å². The normalized spacial score (nSPS) is 26.2. The second kappa shape index (κ2) is 10.5. The molecule has 0 aliphatic heterocycles. The molecule has 120 valence electrons. The highest BCUT2D eigenvalue weighted by atomic mass is 16.5. The third kappa shape index (κ3) is 5.66. The predicted molar refractivity (Wildman–Crippen MR) is 79.0 cm³/mol. The number of methoxy groups -OCH3 is 1. The number of ether oxygens (including phenoxy) is 3. The van der Waals surface area contributed by atoms with Gasteiger partial charge in [0.25, 0.3) is 0 Å². The lowest BCUT2D eigenvalue weighted by molar-refractivity contribution is 0.0294. The van der Waals surface area contributed by atoms with Gasteiger partial charge in [0.15, 0.2) is 0 Å². The van der Waals surface area contributed by atoms with Gasteiger partial charge < -0.3 is 24.6 Å². The zero-order chi connectivity index (χ0) is 14.7. The number of aliphatic hydroxyl groups excluding tert-OH is 1. The summed E-state index contributed by atoms with van der Waals surface area (Å²) in [4.78, 5) is 0. The smallest absolute Gasteiger partial charge is 0.0700 e. The van der Waals surface area contributed by atoms with Crippen molar-refractivity contribution in [2.24, 2.45) is 5.92 Å². The Morgan fingerprint density at radius 1 is 1.15 bits per heavy atom. The average molecular weight is 289 g/mol. The summed E-state index contributed by atoms with van der Waals surface area (Å²) in [6, 6.07) is 0. The summed E-state index contributed by atoms with van der Waals surface area (Å²) in [6.07, 6.45) is 5.37. The molecule has 1 fully saturated rings. The fourth-order valence-corrected chi connectivity index (χ4v) is 3.03. The Morgan fingerprint density at radius 3 is 2.55 bits per heavy atom. The topological polar surface area (TPSA) is 60.0 Å². The number of aliphatic hydroxyl groups is 1. The molecule has 0 radical (unpaired) electrons. The summed E-state index contributed by atoms with van der Waals surface area (Å²) in [6.45, 7) is 3.73. The first-order chi connectivity index (χ1) is 9.79. The molecule has 2 unspecified atom stereocenters. The molecule has 0 aromatic heterocycles. The second-order valence-electron chi connectivity index (χ2n) is 5.51. The Balaban J connectivity index is 2.01. The van der Waals surface area contributed by atoms with E-state index in [-0.39, 0.29) is 12.1 Å². The first-order valence-corrected chi connectivity index (χ1v) is 7.73. The van der Waals surface area contributed by atoms with E-state index in [0.717, 1.165) is 39.1 Å². The third-order valence-corrected chi connectivity index (χ3v) is 4.36. The van der Waals surface area contributed by atoms with Crippen molar-refractivity contribution in [3.8, 4) is 0 Å². The third-order valence-electron chi connectivity index (χ3n) is 4.36. The molecule has 20 heavy (non-hydrogen) atoms. The van der Waals surface area contributed by atoms with Crippen LogP contribution in [0.2, 0.25) is 0 Å². The van der Waals surface area contributed by atoms with Crippen LogP contribution in [0.25, 0.3) is 0 Å². The van der Waals surface area contributed by atoms with Gasteiger partial charge in [-0.1, -0.05) is 6.42 Å². The van der Waals surface area contributed by atoms with Crippen LogP contribution < -0.4 is 5.32 Å². The molecule has 0 saturated heterocycles. The quantitative estimate of drug-likeness (QED) is 0.529. The molecule has 5 nitrogen and oxygen atoms in total. The SMILES string of the molecule is CNC1(CO)CCCC1CCOCCOCCCOC. The van der Waals surface area contributed by atoms with Gasteiger partial charge in [0.05, 0.1) is 19.8 Å². The summed E-state index contributed by atoms with van der Waals surface area (Å²) >= 11 is 0. The van der Waals surface area contributed by atoms with Gasteiger partial charge in [-0.3, -0.25) is 0 Å². The van der Waals surface area contributed by atoms with Crippen LogP contribution in [0.3, 0.4) is 0 Å². The molecule has 2 N–H and O–H groups in total. The highest BCUT2D eigenvalue weighted by molar-refractivity contribution is 4.97. The first-order valence-electron chi connectivity index (χ1n) is 7.73. The largest absolute Gasteiger partial charge is 0.394 e. The Labute approximate surface area is 123 Å². The maximum absolute atomic E-state index is 9.60. The Bertz CT molecular complexity index is 234. The van der Waals surface area contributed by atoms with Gasteiger partial charge in [-0.05, 0) is 38.6 Å². The van der Waals surface area contributed by atoms with Crippen LogP contribution in [-0.2, 0) is 14.2 Å². The number of hydrogen-bond acceptors (Lipinski definition) is 5. The average Bonchev–Trinajstić information content (AvgIpc) is 2.89. The monoisotopic (exact) mass is 289 g/mol. The van der Waals surface area contributed by atoms with Crippen molar-refractivity contribution in [2.45, 2.75) is 37.6 Å². The van der Waals surface area contributed by atoms with Gasteiger partial charge in [0.1, 0.15) is 0 Å². The number of likely N-dealkylation sites (N-methyl/N-ethyl adjacent to an activating group) is 1. The standard InChI is InChI=1S/C15H31NO4/c1-16-15(13-17)7-3-5-14(15)6-10-20-12-11-19-9-4-8-18-2/h14,16-17H,3-13H2,1-2H3. The van der Waals surface area contributed by atoms with Crippen LogP contribution in [0.15, 0.2) is 0 Å². The van der Waals surface area contributed by atoms with E-state index >= 15 is 0 Å². The van der Waals surface area contributed by atoms with Gasteiger partial charge >= 0.3 is 0 Å². The molecule has 1 aliphatic carbocycles. The highest BCUT2D eigenvalue weighted by Crippen LogP contribution is 2.37. The molecule has 5 heteroatoms. The lowest BCUT2D eigenvalue weighted by Gasteiger charge is -2.33. The predicted octanol–water partition coefficient (Wildman–Crippen LogP) is 1.20. The van der Waals surface area contributed by atoms with Crippen molar-refractivity contribution >= 4 is 0 Å². The van der Waals surface area contributed by atoms with Crippen LogP contribution in [0.1, 0.15) is 32.1 Å². The summed E-state index contributed by atoms with van der Waals surface area (Å²) < 4.78 is 16.0. The molecule has 0 amide bonds. The minimum Gasteiger partial charge on any atom is -0.394 e. The number of hydrogen-bond donors (Lipinski definition) is 2. The minimum absolute atomic E-state index is 0.0833. The highest BCUT2D eigenvalue weighted by Gasteiger charge is 2.40. The fourth-order valence-electron chi connectivity index (χ4n) is 3.03. The number of rotatable bonds is 12. The fraction of sp³-hybridized carbons (Fsp3) is 1.00. The van der Waals surface area contributed by atoms with Crippen molar-refractivity contribution in [3.63, 3.8) is 0 Å². The van der Waals surface area contributed by atoms with Crippen LogP contribution in [0.4, 0.5) is 0 Å². The van der Waals surface area contributed by atoms with Gasteiger partial charge in [-0.25, -0.2) is 0 Å². The van der Waals surface area contributed by atoms with E-state index in [1.54, 1.807) is 7.11 Å². The van der Waals surface area contributed by atoms with Crippen molar-refractivity contribution in [1.29, 1.82) is 0 Å². The summed E-state index contributed by atoms with van der Waals surface area (Å²) in [7, 11) is 3.65. The molecule has 0 aromatic carbocycles. The summed E-state index contributed by atoms with van der Waals surface area (Å²) in [5.74, 6) is 0.514. The van der Waals surface area contributed by atoms with Crippen LogP contribution in [0, 0.1) is 5.92 Å². The molecule has 0 spiro atoms. The van der Waals surface area contributed by atoms with Gasteiger partial charge in [0.2, 0.25) is 0 Å². The Morgan fingerprint density at radius 2 is 1.90 bits per heavy atom. The summed E-state index contributed by atoms with van der Waals surface area (Å²) in [5.41, 5.74) is -0.0833. The van der Waals surface area contributed by atoms with E-state index in [4.69, 9.17) is 14.2 Å². The molecule has 0 aromatic rings. The Kier molecular flexibility index (Phi) is 9.39. The molecular weight excluding hydrogens is 258 g/mol. The first kappa shape index (κ1) is 17.9. The maximum atomic E-state index is 9.60. The molecule has 0 heterocycles. The van der Waals surface area contributed by atoms with Gasteiger partial charge in [-0.2, -0.15) is 0 Å². The zero-order valence-electron chi connectivity index (χ0n) is 13.0. The molecular formula is C15H31NO4. The van der Waals surface area contributed by atoms with E-state index < -0.39 is 0 Å². The molecule has 1 rings (SSSR count). The lowest BCUT2D eigenvalue weighted by atomic mass is 9.86. The van der Waals surface area contributed by atoms with E-state index in [0.29, 0.717) is 19.1 Å². The van der Waals surface area contributed by atoms with Crippen LogP contribution in [0.5, 0.6) is 0 Å². The summed E-state index contributed by atoms with van der Waals surface area (Å²) in [5, 5.41) is 12.9. The number of nitrogens with one attached hydrogen (secondary N) is 1. The van der Waals surface area contributed by atoms with Crippen molar-refractivity contribution < 1.29 is 19.3 Å². The van der Waals surface area contributed by atoms with E-state index in [1.165, 1.54) is 12.8 Å². The van der Waals surface area contributed by atoms with Crippen LogP contribution >= 0.6 is 0 Å². The van der Waals surface area contributed by atoms with Gasteiger partial charge in [0, 0.05) is 32.5 Å². The van der Waals surface area contributed by atoms with E-state index in [2.05, 4.69) is 5.32 Å². The van der Waals surface area contributed by atoms with Crippen LogP contribution in [-0.4, -0.2) is 64.4 Å². The molecule has 0 bridgehead atoms. The zero-order valence-corrected chi connectivity index (χ0v) is 13.0. The minimum atomic E-state index is -0.0833. The van der Waals surface area contributed by atoms with E-state index in [1.807, 2.05) is 7.05 Å². The molecule has 1 saturated carbocycles. The van der Waals surface area contributed by atoms with Gasteiger partial charge in [-0.15, -0.1) is 0 Å². The Hall–Kier alpha value is -0.200. The molecule has 1 aliphatic rings. The van der Waals surface area contributed by atoms with Crippen molar-refractivity contribution in [3.05, 3.63) is 0 Å². The lowest BCUT2D eigenvalue weighted by Crippen LogP contribution is -2.49. The van der Waals surface area contributed by atoms with E-state index in [9.17, 15) is 5.11 Å². The maximum Gasteiger partial charge on any atom is 0.0700 e. The van der Waals surface area contributed by atoms with Crippen molar-refractivity contribution in [1.82, 2.24) is 5.32 Å².